The van der Waals surface area contributed by atoms with E-state index in [1.807, 2.05) is 0 Å². The number of nitro groups is 1. The molecule has 2 rings (SSSR count). The molecule has 1 amide bonds. The summed E-state index contributed by atoms with van der Waals surface area (Å²) in [5, 5.41) is 11.0. The second kappa shape index (κ2) is 6.62. The Balaban J connectivity index is 2.14. The summed E-state index contributed by atoms with van der Waals surface area (Å²) in [7, 11) is 1.63. The molecule has 6 nitrogen and oxygen atoms in total. The standard InChI is InChI=1S/C14H17FN2O4/c1-21-9-10-4-6-16(7-5-10)14(18)12-8-11(15)2-3-13(12)17(19)20/h2-3,8,10H,4-7,9H2,1H3. The fourth-order valence-electron chi connectivity index (χ4n) is 2.55. The Morgan fingerprint density at radius 1 is 1.48 bits per heavy atom. The quantitative estimate of drug-likeness (QED) is 0.631. The molecule has 1 aromatic carbocycles. The maximum absolute atomic E-state index is 13.3. The van der Waals surface area contributed by atoms with E-state index in [4.69, 9.17) is 4.74 Å². The molecule has 21 heavy (non-hydrogen) atoms. The average molecular weight is 296 g/mol. The van der Waals surface area contributed by atoms with Crippen LogP contribution >= 0.6 is 0 Å². The summed E-state index contributed by atoms with van der Waals surface area (Å²) >= 11 is 0. The molecule has 0 N–H and O–H groups in total. The van der Waals surface area contributed by atoms with Crippen molar-refractivity contribution in [3.8, 4) is 0 Å². The number of rotatable bonds is 4. The van der Waals surface area contributed by atoms with E-state index in [1.165, 1.54) is 4.90 Å². The Bertz CT molecular complexity index is 542. The maximum atomic E-state index is 13.3. The van der Waals surface area contributed by atoms with Gasteiger partial charge in [0.05, 0.1) is 4.92 Å². The highest BCUT2D eigenvalue weighted by Crippen LogP contribution is 2.24. The first-order valence-electron chi connectivity index (χ1n) is 6.75. The number of likely N-dealkylation sites (tertiary alicyclic amines) is 1. The summed E-state index contributed by atoms with van der Waals surface area (Å²) in [4.78, 5) is 24.2. The van der Waals surface area contributed by atoms with Gasteiger partial charge in [0, 0.05) is 32.9 Å². The molecule has 1 heterocycles. The molecule has 0 aliphatic carbocycles. The first-order chi connectivity index (χ1) is 10.0. The van der Waals surface area contributed by atoms with Crippen LogP contribution in [0, 0.1) is 21.8 Å². The van der Waals surface area contributed by atoms with Crippen LogP contribution in [0.5, 0.6) is 0 Å². The van der Waals surface area contributed by atoms with Gasteiger partial charge in [0.2, 0.25) is 0 Å². The molecular weight excluding hydrogens is 279 g/mol. The number of carbonyl (C=O) groups is 1. The van der Waals surface area contributed by atoms with Crippen molar-refractivity contribution < 1.29 is 18.8 Å². The van der Waals surface area contributed by atoms with Crippen LogP contribution in [0.3, 0.4) is 0 Å². The van der Waals surface area contributed by atoms with E-state index < -0.39 is 16.6 Å². The molecule has 1 fully saturated rings. The molecule has 1 aromatic rings. The van der Waals surface area contributed by atoms with E-state index in [9.17, 15) is 19.3 Å². The van der Waals surface area contributed by atoms with E-state index in [1.54, 1.807) is 7.11 Å². The SMILES string of the molecule is COCC1CCN(C(=O)c2cc(F)ccc2[N+](=O)[O-])CC1. The predicted octanol–water partition coefficient (Wildman–Crippen LogP) is 2.23. The molecule has 1 aliphatic heterocycles. The number of methoxy groups -OCH3 is 1. The molecule has 0 saturated carbocycles. The number of nitro benzene ring substituents is 1. The lowest BCUT2D eigenvalue weighted by Crippen LogP contribution is -2.39. The zero-order valence-corrected chi connectivity index (χ0v) is 11.8. The second-order valence-corrected chi connectivity index (χ2v) is 5.11. The van der Waals surface area contributed by atoms with E-state index in [2.05, 4.69) is 0 Å². The smallest absolute Gasteiger partial charge is 0.282 e. The molecule has 114 valence electrons. The van der Waals surface area contributed by atoms with Crippen LogP contribution in [0.2, 0.25) is 0 Å². The zero-order valence-electron chi connectivity index (χ0n) is 11.8. The Hall–Kier alpha value is -2.02. The number of benzene rings is 1. The van der Waals surface area contributed by atoms with Crippen molar-refractivity contribution in [1.82, 2.24) is 4.90 Å². The van der Waals surface area contributed by atoms with Crippen molar-refractivity contribution in [2.45, 2.75) is 12.8 Å². The predicted molar refractivity (Wildman–Crippen MR) is 73.6 cm³/mol. The molecule has 0 radical (unpaired) electrons. The van der Waals surface area contributed by atoms with Gasteiger partial charge in [-0.15, -0.1) is 0 Å². The molecule has 0 bridgehead atoms. The van der Waals surface area contributed by atoms with Gasteiger partial charge in [0.15, 0.2) is 0 Å². The Morgan fingerprint density at radius 2 is 2.14 bits per heavy atom. The lowest BCUT2D eigenvalue weighted by atomic mass is 9.97. The minimum absolute atomic E-state index is 0.190. The van der Waals surface area contributed by atoms with Gasteiger partial charge >= 0.3 is 0 Å². The fourth-order valence-corrected chi connectivity index (χ4v) is 2.55. The van der Waals surface area contributed by atoms with Crippen molar-refractivity contribution in [3.63, 3.8) is 0 Å². The number of hydrogen-bond donors (Lipinski definition) is 0. The van der Waals surface area contributed by atoms with Crippen molar-refractivity contribution in [3.05, 3.63) is 39.7 Å². The second-order valence-electron chi connectivity index (χ2n) is 5.11. The highest BCUT2D eigenvalue weighted by Gasteiger charge is 2.28. The minimum atomic E-state index is -0.662. The zero-order chi connectivity index (χ0) is 15.4. The summed E-state index contributed by atoms with van der Waals surface area (Å²) in [6.45, 7) is 1.64. The third-order valence-electron chi connectivity index (χ3n) is 3.69. The normalized spacial score (nSPS) is 16.0. The maximum Gasteiger partial charge on any atom is 0.282 e. The topological polar surface area (TPSA) is 72.7 Å². The van der Waals surface area contributed by atoms with Gasteiger partial charge in [-0.1, -0.05) is 0 Å². The number of ether oxygens (including phenoxy) is 1. The number of amides is 1. The monoisotopic (exact) mass is 296 g/mol. The average Bonchev–Trinajstić information content (AvgIpc) is 2.47. The number of carbonyl (C=O) groups excluding carboxylic acids is 1. The van der Waals surface area contributed by atoms with Gasteiger partial charge in [0.25, 0.3) is 11.6 Å². The van der Waals surface area contributed by atoms with Gasteiger partial charge in [0.1, 0.15) is 11.4 Å². The Kier molecular flexibility index (Phi) is 4.85. The van der Waals surface area contributed by atoms with Gasteiger partial charge in [-0.25, -0.2) is 4.39 Å². The van der Waals surface area contributed by atoms with Gasteiger partial charge < -0.3 is 9.64 Å². The van der Waals surface area contributed by atoms with Crippen molar-refractivity contribution in [2.75, 3.05) is 26.8 Å². The molecule has 0 spiro atoms. The summed E-state index contributed by atoms with van der Waals surface area (Å²) < 4.78 is 18.4. The first kappa shape index (κ1) is 15.4. The largest absolute Gasteiger partial charge is 0.384 e. The number of nitrogens with zero attached hydrogens (tertiary/aromatic N) is 2. The first-order valence-corrected chi connectivity index (χ1v) is 6.75. The van der Waals surface area contributed by atoms with Crippen LogP contribution in [0.25, 0.3) is 0 Å². The molecule has 1 saturated heterocycles. The number of piperidine rings is 1. The molecule has 7 heteroatoms. The molecule has 0 unspecified atom stereocenters. The summed E-state index contributed by atoms with van der Waals surface area (Å²) in [6, 6.07) is 2.95. The summed E-state index contributed by atoms with van der Waals surface area (Å²) in [5.41, 5.74) is -0.550. The lowest BCUT2D eigenvalue weighted by Gasteiger charge is -2.31. The van der Waals surface area contributed by atoms with Crippen molar-refractivity contribution in [1.29, 1.82) is 0 Å². The van der Waals surface area contributed by atoms with Crippen LogP contribution < -0.4 is 0 Å². The summed E-state index contributed by atoms with van der Waals surface area (Å²) in [5.74, 6) is -0.753. The van der Waals surface area contributed by atoms with Gasteiger partial charge in [-0.2, -0.15) is 0 Å². The van der Waals surface area contributed by atoms with E-state index in [0.717, 1.165) is 31.0 Å². The Labute approximate surface area is 121 Å². The van der Waals surface area contributed by atoms with Crippen LogP contribution in [-0.4, -0.2) is 42.5 Å². The van der Waals surface area contributed by atoms with Crippen molar-refractivity contribution >= 4 is 11.6 Å². The number of hydrogen-bond acceptors (Lipinski definition) is 4. The highest BCUT2D eigenvalue weighted by molar-refractivity contribution is 5.98. The van der Waals surface area contributed by atoms with Crippen LogP contribution in [0.4, 0.5) is 10.1 Å². The third kappa shape index (κ3) is 3.55. The molecule has 0 aromatic heterocycles. The fraction of sp³-hybridized carbons (Fsp3) is 0.500. The van der Waals surface area contributed by atoms with E-state index in [-0.39, 0.29) is 11.3 Å². The third-order valence-corrected chi connectivity index (χ3v) is 3.69. The lowest BCUT2D eigenvalue weighted by molar-refractivity contribution is -0.385. The number of halogens is 1. The van der Waals surface area contributed by atoms with E-state index >= 15 is 0 Å². The highest BCUT2D eigenvalue weighted by atomic mass is 19.1. The van der Waals surface area contributed by atoms with Crippen LogP contribution in [0.1, 0.15) is 23.2 Å². The summed E-state index contributed by atoms with van der Waals surface area (Å²) in [6.07, 6.45) is 1.56. The molecular formula is C14H17FN2O4. The molecule has 0 atom stereocenters. The minimum Gasteiger partial charge on any atom is -0.384 e. The van der Waals surface area contributed by atoms with Crippen LogP contribution in [-0.2, 0) is 4.74 Å². The Morgan fingerprint density at radius 3 is 2.71 bits per heavy atom. The van der Waals surface area contributed by atoms with Crippen LogP contribution in [0.15, 0.2) is 18.2 Å². The van der Waals surface area contributed by atoms with Crippen molar-refractivity contribution in [2.24, 2.45) is 5.92 Å². The van der Waals surface area contributed by atoms with E-state index in [0.29, 0.717) is 25.6 Å². The van der Waals surface area contributed by atoms with Gasteiger partial charge in [-0.05, 0) is 30.9 Å². The van der Waals surface area contributed by atoms with Gasteiger partial charge in [-0.3, -0.25) is 14.9 Å². The molecule has 1 aliphatic rings.